The molecule has 0 aromatic carbocycles. The van der Waals surface area contributed by atoms with Crippen LogP contribution < -0.4 is 5.73 Å². The SMILES string of the molecule is Nc1ncnc2c1ncn2CCOCP(=O)(O)OP(=O)(O)C(Cl)(Cl)P(=O)(O)O. The van der Waals surface area contributed by atoms with Crippen LogP contribution in [0.2, 0.25) is 0 Å². The molecule has 19 heteroatoms. The second kappa shape index (κ2) is 8.25. The van der Waals surface area contributed by atoms with E-state index >= 15 is 0 Å². The van der Waals surface area contributed by atoms with Crippen molar-refractivity contribution in [1.29, 1.82) is 0 Å². The Morgan fingerprint density at radius 2 is 1.79 bits per heavy atom. The minimum Gasteiger partial charge on any atom is -0.382 e. The Kier molecular flexibility index (Phi) is 6.97. The van der Waals surface area contributed by atoms with E-state index in [0.717, 1.165) is 0 Å². The van der Waals surface area contributed by atoms with E-state index < -0.39 is 33.0 Å². The Morgan fingerprint density at radius 3 is 2.39 bits per heavy atom. The summed E-state index contributed by atoms with van der Waals surface area (Å²) in [4.78, 5) is 48.7. The first kappa shape index (κ1) is 23.7. The molecule has 14 nitrogen and oxygen atoms in total. The molecule has 2 aromatic rings. The van der Waals surface area contributed by atoms with Gasteiger partial charge in [0.05, 0.1) is 12.9 Å². The number of ether oxygens (including phenoxy) is 1. The van der Waals surface area contributed by atoms with Gasteiger partial charge in [-0.25, -0.2) is 19.3 Å². The van der Waals surface area contributed by atoms with Crippen molar-refractivity contribution in [2.45, 2.75) is 10.4 Å². The predicted molar refractivity (Wildman–Crippen MR) is 97.8 cm³/mol. The molecule has 0 aliphatic carbocycles. The molecular weight excluding hydrogens is 486 g/mol. The normalized spacial score (nSPS) is 17.4. The number of hydrogen-bond donors (Lipinski definition) is 5. The van der Waals surface area contributed by atoms with Gasteiger partial charge in [0.2, 0.25) is 0 Å². The van der Waals surface area contributed by atoms with Crippen LogP contribution in [0.3, 0.4) is 0 Å². The number of halogens is 2. The van der Waals surface area contributed by atoms with Crippen molar-refractivity contribution in [2.75, 3.05) is 18.7 Å². The Bertz CT molecular complexity index is 1010. The second-order valence-corrected chi connectivity index (χ2v) is 13.6. The molecule has 2 unspecified atom stereocenters. The van der Waals surface area contributed by atoms with Crippen LogP contribution in [0.5, 0.6) is 0 Å². The lowest BCUT2D eigenvalue weighted by molar-refractivity contribution is 0.149. The van der Waals surface area contributed by atoms with E-state index in [1.54, 1.807) is 0 Å². The van der Waals surface area contributed by atoms with Crippen molar-refractivity contribution in [3.63, 3.8) is 0 Å². The van der Waals surface area contributed by atoms with Crippen molar-refractivity contribution in [3.05, 3.63) is 12.7 Å². The fourth-order valence-corrected chi connectivity index (χ4v) is 6.34. The predicted octanol–water partition coefficient (Wildman–Crippen LogP) is 1.04. The zero-order valence-electron chi connectivity index (χ0n) is 13.6. The first-order valence-corrected chi connectivity index (χ1v) is 12.7. The van der Waals surface area contributed by atoms with Crippen LogP contribution in [-0.2, 0) is 29.3 Å². The summed E-state index contributed by atoms with van der Waals surface area (Å²) in [6.45, 7) is -0.0917. The number of nitrogens with zero attached hydrogens (tertiary/aromatic N) is 4. The number of fused-ring (bicyclic) bond motifs is 1. The molecule has 6 N–H and O–H groups in total. The lowest BCUT2D eigenvalue weighted by Gasteiger charge is -2.26. The molecule has 0 fully saturated rings. The molecule has 28 heavy (non-hydrogen) atoms. The Morgan fingerprint density at radius 1 is 1.14 bits per heavy atom. The van der Waals surface area contributed by atoms with Crippen LogP contribution in [0.25, 0.3) is 11.2 Å². The highest BCUT2D eigenvalue weighted by molar-refractivity contribution is 7.81. The lowest BCUT2D eigenvalue weighted by atomic mass is 10.5. The summed E-state index contributed by atoms with van der Waals surface area (Å²) >= 11 is 10.3. The highest BCUT2D eigenvalue weighted by Crippen LogP contribution is 2.79. The summed E-state index contributed by atoms with van der Waals surface area (Å²) in [6.07, 6.45) is 1.51. The van der Waals surface area contributed by atoms with Crippen LogP contribution in [-0.4, -0.2) is 55.9 Å². The molecule has 158 valence electrons. The number of aromatic nitrogens is 4. The van der Waals surface area contributed by atoms with Gasteiger partial charge in [-0.3, -0.25) is 13.7 Å². The highest BCUT2D eigenvalue weighted by Gasteiger charge is 2.62. The van der Waals surface area contributed by atoms with Gasteiger partial charge < -0.3 is 34.6 Å². The molecular formula is C9H14Cl2N5O9P3. The van der Waals surface area contributed by atoms with Gasteiger partial charge in [0, 0.05) is 6.54 Å². The van der Waals surface area contributed by atoms with Crippen molar-refractivity contribution < 1.29 is 42.3 Å². The van der Waals surface area contributed by atoms with Gasteiger partial charge in [-0.05, 0) is 0 Å². The quantitative estimate of drug-likeness (QED) is 0.185. The summed E-state index contributed by atoms with van der Waals surface area (Å²) in [5.41, 5.74) is 6.36. The number of nitrogens with two attached hydrogens (primary N) is 1. The third-order valence-corrected chi connectivity index (χ3v) is 11.0. The minimum atomic E-state index is -5.64. The molecule has 0 spiro atoms. The van der Waals surface area contributed by atoms with E-state index in [1.807, 2.05) is 0 Å². The standard InChI is InChI=1S/C9H14Cl2N5O9P3/c10-9(11,27(19,20)21)28(22,23)25-26(17,18)5-24-2-1-16-4-15-6-7(12)13-3-14-8(6)16/h3-4H,1-2,5H2,(H,17,18)(H,22,23)(H2,12,13,14)(H2,19,20,21). The van der Waals surface area contributed by atoms with Crippen LogP contribution in [0.15, 0.2) is 12.7 Å². The monoisotopic (exact) mass is 499 g/mol. The summed E-state index contributed by atoms with van der Waals surface area (Å²) in [7, 11) is -16.2. The van der Waals surface area contributed by atoms with Crippen LogP contribution in [0.1, 0.15) is 0 Å². The first-order chi connectivity index (χ1) is 12.7. The molecule has 0 aliphatic heterocycles. The minimum absolute atomic E-state index is 0.0984. The van der Waals surface area contributed by atoms with Gasteiger partial charge in [0.1, 0.15) is 18.2 Å². The maximum atomic E-state index is 11.9. The number of rotatable bonds is 9. The van der Waals surface area contributed by atoms with Crippen LogP contribution >= 0.6 is 46.0 Å². The topological polar surface area (TPSA) is 220 Å². The number of nitrogen functional groups attached to an aromatic ring is 1. The molecule has 2 aromatic heterocycles. The molecule has 2 atom stereocenters. The van der Waals surface area contributed by atoms with E-state index in [-0.39, 0.29) is 19.0 Å². The molecule has 0 amide bonds. The lowest BCUT2D eigenvalue weighted by Crippen LogP contribution is -2.16. The maximum Gasteiger partial charge on any atom is 0.383 e. The molecule has 0 radical (unpaired) electrons. The molecule has 0 aliphatic rings. The van der Waals surface area contributed by atoms with Gasteiger partial charge in [-0.2, -0.15) is 0 Å². The Balaban J connectivity index is 1.96. The summed E-state index contributed by atoms with van der Waals surface area (Å²) < 4.78 is 41.6. The fourth-order valence-electron chi connectivity index (χ4n) is 1.82. The average Bonchev–Trinajstić information content (AvgIpc) is 2.94. The summed E-state index contributed by atoms with van der Waals surface area (Å²) in [5.74, 6) is 0.160. The van der Waals surface area contributed by atoms with Crippen molar-refractivity contribution in [1.82, 2.24) is 19.5 Å². The van der Waals surface area contributed by atoms with Crippen LogP contribution in [0, 0.1) is 0 Å². The van der Waals surface area contributed by atoms with Gasteiger partial charge in [-0.1, -0.05) is 23.2 Å². The smallest absolute Gasteiger partial charge is 0.382 e. The van der Waals surface area contributed by atoms with Crippen molar-refractivity contribution in [2.24, 2.45) is 0 Å². The van der Waals surface area contributed by atoms with Crippen molar-refractivity contribution >= 4 is 63.0 Å². The Labute approximate surface area is 166 Å². The third-order valence-electron chi connectivity index (χ3n) is 3.09. The van der Waals surface area contributed by atoms with E-state index in [2.05, 4.69) is 19.3 Å². The molecule has 0 saturated heterocycles. The summed E-state index contributed by atoms with van der Waals surface area (Å²) in [6, 6.07) is 0. The highest BCUT2D eigenvalue weighted by atomic mass is 35.5. The zero-order valence-corrected chi connectivity index (χ0v) is 17.8. The number of alkyl halides is 2. The molecule has 2 rings (SSSR count). The average molecular weight is 500 g/mol. The third kappa shape index (κ3) is 5.10. The maximum absolute atomic E-state index is 11.9. The van der Waals surface area contributed by atoms with Gasteiger partial charge >= 0.3 is 26.6 Å². The van der Waals surface area contributed by atoms with E-state index in [4.69, 9.17) is 43.5 Å². The van der Waals surface area contributed by atoms with E-state index in [9.17, 15) is 23.5 Å². The number of anilines is 1. The number of hydrogen-bond acceptors (Lipinski definition) is 9. The van der Waals surface area contributed by atoms with E-state index in [1.165, 1.54) is 17.2 Å². The van der Waals surface area contributed by atoms with Crippen LogP contribution in [0.4, 0.5) is 5.82 Å². The molecule has 0 bridgehead atoms. The fraction of sp³-hybridized carbons (Fsp3) is 0.444. The molecule has 2 heterocycles. The summed E-state index contributed by atoms with van der Waals surface area (Å²) in [5, 5.41) is 0. The van der Waals surface area contributed by atoms with Gasteiger partial charge in [0.25, 0.3) is 0 Å². The van der Waals surface area contributed by atoms with Gasteiger partial charge in [-0.15, -0.1) is 0 Å². The zero-order chi connectivity index (χ0) is 21.4. The van der Waals surface area contributed by atoms with Crippen molar-refractivity contribution in [3.8, 4) is 0 Å². The second-order valence-electron chi connectivity index (χ2n) is 5.20. The van der Waals surface area contributed by atoms with Gasteiger partial charge in [0.15, 0.2) is 11.5 Å². The largest absolute Gasteiger partial charge is 0.383 e. The number of imidazole rings is 1. The Hall–Kier alpha value is -0.620. The van der Waals surface area contributed by atoms with E-state index in [0.29, 0.717) is 11.2 Å². The molecule has 0 saturated carbocycles. The first-order valence-electron chi connectivity index (χ1n) is 6.96.